The van der Waals surface area contributed by atoms with Crippen molar-refractivity contribution in [3.63, 3.8) is 0 Å². The van der Waals surface area contributed by atoms with Gasteiger partial charge in [0.2, 0.25) is 11.8 Å². The van der Waals surface area contributed by atoms with Gasteiger partial charge in [-0.3, -0.25) is 9.59 Å². The van der Waals surface area contributed by atoms with E-state index in [1.165, 1.54) is 22.2 Å². The van der Waals surface area contributed by atoms with E-state index in [2.05, 4.69) is 12.1 Å². The number of anilines is 1. The van der Waals surface area contributed by atoms with Crippen molar-refractivity contribution in [1.29, 1.82) is 0 Å². The average molecular weight is 446 g/mol. The first kappa shape index (κ1) is 20.7. The van der Waals surface area contributed by atoms with Gasteiger partial charge in [0.15, 0.2) is 5.16 Å². The van der Waals surface area contributed by atoms with Gasteiger partial charge in [-0.05, 0) is 49.9 Å². The van der Waals surface area contributed by atoms with Crippen molar-refractivity contribution in [3.8, 4) is 17.0 Å². The molecule has 0 radical (unpaired) electrons. The number of carbonyl (C=O) groups is 2. The van der Waals surface area contributed by atoms with Gasteiger partial charge in [0.1, 0.15) is 11.0 Å². The van der Waals surface area contributed by atoms with E-state index in [4.69, 9.17) is 14.7 Å². The molecule has 5 rings (SSSR count). The molecule has 0 saturated carbocycles. The Bertz CT molecular complexity index is 1170. The van der Waals surface area contributed by atoms with E-state index >= 15 is 0 Å². The number of hydrogen-bond donors (Lipinski definition) is 0. The van der Waals surface area contributed by atoms with Crippen LogP contribution < -0.4 is 9.64 Å². The number of amides is 2. The Balaban J connectivity index is 1.44. The van der Waals surface area contributed by atoms with Crippen LogP contribution in [0.2, 0.25) is 0 Å². The fourth-order valence-corrected chi connectivity index (χ4v) is 5.28. The van der Waals surface area contributed by atoms with E-state index in [-0.39, 0.29) is 18.2 Å². The van der Waals surface area contributed by atoms with Gasteiger partial charge >= 0.3 is 0 Å². The van der Waals surface area contributed by atoms with Crippen LogP contribution in [0.3, 0.4) is 0 Å². The minimum Gasteiger partial charge on any atom is -0.497 e. The highest BCUT2D eigenvalue weighted by molar-refractivity contribution is 8.00. The van der Waals surface area contributed by atoms with E-state index in [0.717, 1.165) is 42.6 Å². The summed E-state index contributed by atoms with van der Waals surface area (Å²) in [6.45, 7) is 0. The molecule has 2 aromatic carbocycles. The second-order valence-electron chi connectivity index (χ2n) is 7.93. The number of imide groups is 1. The third kappa shape index (κ3) is 3.88. The first-order valence-corrected chi connectivity index (χ1v) is 11.6. The van der Waals surface area contributed by atoms with Gasteiger partial charge in [0.25, 0.3) is 0 Å². The van der Waals surface area contributed by atoms with Crippen molar-refractivity contribution in [2.45, 2.75) is 42.5 Å². The predicted octanol–water partition coefficient (Wildman–Crippen LogP) is 4.46. The Morgan fingerprint density at radius 2 is 1.72 bits per heavy atom. The smallest absolute Gasteiger partial charge is 0.247 e. The molecule has 1 aromatic heterocycles. The molecule has 0 unspecified atom stereocenters. The van der Waals surface area contributed by atoms with Crippen molar-refractivity contribution in [2.75, 3.05) is 12.0 Å². The molecule has 1 saturated heterocycles. The van der Waals surface area contributed by atoms with Crippen LogP contribution >= 0.6 is 11.8 Å². The summed E-state index contributed by atoms with van der Waals surface area (Å²) in [4.78, 5) is 36.7. The van der Waals surface area contributed by atoms with Gasteiger partial charge in [0.05, 0.1) is 18.5 Å². The number of aromatic nitrogens is 2. The Morgan fingerprint density at radius 3 is 2.47 bits per heavy atom. The number of nitrogens with zero attached hydrogens (tertiary/aromatic N) is 3. The maximum atomic E-state index is 13.1. The fourth-order valence-electron chi connectivity index (χ4n) is 4.28. The maximum absolute atomic E-state index is 13.1. The number of fused-ring (bicyclic) bond motifs is 1. The van der Waals surface area contributed by atoms with Crippen LogP contribution in [0.5, 0.6) is 5.75 Å². The summed E-state index contributed by atoms with van der Waals surface area (Å²) in [7, 11) is 1.58. The highest BCUT2D eigenvalue weighted by Crippen LogP contribution is 2.36. The molecule has 2 aliphatic rings. The standard InChI is InChI=1S/C25H23N3O3S/c1-31-18-13-11-17(12-14-18)28-22(29)15-21(24(28)30)32-25-26-20-10-6-5-9-19(20)23(27-25)16-7-3-2-4-8-16/h2-4,7-8,11-14,21H,5-6,9-10,15H2,1H3/t21-/m0/s1. The number of benzene rings is 2. The highest BCUT2D eigenvalue weighted by Gasteiger charge is 2.41. The van der Waals surface area contributed by atoms with Crippen LogP contribution in [0.25, 0.3) is 11.3 Å². The zero-order valence-electron chi connectivity index (χ0n) is 17.8. The summed E-state index contributed by atoms with van der Waals surface area (Å²) in [6, 6.07) is 17.1. The molecule has 1 atom stereocenters. The third-order valence-corrected chi connectivity index (χ3v) is 6.94. The number of aryl methyl sites for hydroxylation is 1. The monoisotopic (exact) mass is 445 g/mol. The quantitative estimate of drug-likeness (QED) is 0.427. The number of thioether (sulfide) groups is 1. The largest absolute Gasteiger partial charge is 0.497 e. The van der Waals surface area contributed by atoms with Gasteiger partial charge in [-0.2, -0.15) is 0 Å². The summed E-state index contributed by atoms with van der Waals surface area (Å²) < 4.78 is 5.17. The van der Waals surface area contributed by atoms with Crippen LogP contribution in [0.1, 0.15) is 30.5 Å². The topological polar surface area (TPSA) is 72.4 Å². The van der Waals surface area contributed by atoms with Gasteiger partial charge in [0, 0.05) is 23.2 Å². The molecule has 2 amide bonds. The third-order valence-electron chi connectivity index (χ3n) is 5.89. The molecular formula is C25H23N3O3S. The lowest BCUT2D eigenvalue weighted by Gasteiger charge is -2.20. The number of methoxy groups -OCH3 is 1. The van der Waals surface area contributed by atoms with Gasteiger partial charge < -0.3 is 4.74 Å². The van der Waals surface area contributed by atoms with Crippen molar-refractivity contribution in [3.05, 3.63) is 65.9 Å². The van der Waals surface area contributed by atoms with Crippen molar-refractivity contribution in [1.82, 2.24) is 9.97 Å². The van der Waals surface area contributed by atoms with Crippen LogP contribution in [-0.4, -0.2) is 34.1 Å². The van der Waals surface area contributed by atoms with Gasteiger partial charge in [-0.1, -0.05) is 42.1 Å². The lowest BCUT2D eigenvalue weighted by atomic mass is 9.92. The van der Waals surface area contributed by atoms with E-state index in [1.807, 2.05) is 18.2 Å². The van der Waals surface area contributed by atoms with E-state index < -0.39 is 5.25 Å². The van der Waals surface area contributed by atoms with Crippen molar-refractivity contribution < 1.29 is 14.3 Å². The maximum Gasteiger partial charge on any atom is 0.247 e. The molecular weight excluding hydrogens is 422 g/mol. The zero-order valence-corrected chi connectivity index (χ0v) is 18.6. The van der Waals surface area contributed by atoms with Gasteiger partial charge in [-0.15, -0.1) is 0 Å². The Labute approximate surface area is 191 Å². The van der Waals surface area contributed by atoms with Crippen LogP contribution in [-0.2, 0) is 22.4 Å². The number of hydrogen-bond acceptors (Lipinski definition) is 6. The summed E-state index contributed by atoms with van der Waals surface area (Å²) in [5.74, 6) is 0.237. The van der Waals surface area contributed by atoms with Crippen LogP contribution in [0.15, 0.2) is 59.8 Å². The predicted molar refractivity (Wildman–Crippen MR) is 124 cm³/mol. The Morgan fingerprint density at radius 1 is 0.969 bits per heavy atom. The molecule has 0 spiro atoms. The van der Waals surface area contributed by atoms with Gasteiger partial charge in [-0.25, -0.2) is 14.9 Å². The summed E-state index contributed by atoms with van der Waals surface area (Å²) in [6.07, 6.45) is 4.26. The lowest BCUT2D eigenvalue weighted by Crippen LogP contribution is -2.31. The lowest BCUT2D eigenvalue weighted by molar-refractivity contribution is -0.121. The normalized spacial score (nSPS) is 18.0. The minimum atomic E-state index is -0.533. The number of ether oxygens (including phenoxy) is 1. The molecule has 0 bridgehead atoms. The molecule has 32 heavy (non-hydrogen) atoms. The van der Waals surface area contributed by atoms with Crippen molar-refractivity contribution >= 4 is 29.3 Å². The van der Waals surface area contributed by atoms with E-state index in [9.17, 15) is 9.59 Å². The SMILES string of the molecule is COc1ccc(N2C(=O)C[C@H](Sc3nc4c(c(-c5ccccc5)n3)CCCC4)C2=O)cc1. The Hall–Kier alpha value is -3.19. The molecule has 7 heteroatoms. The number of carbonyl (C=O) groups excluding carboxylic acids is 2. The Kier molecular flexibility index (Phi) is 5.66. The van der Waals surface area contributed by atoms with Crippen molar-refractivity contribution in [2.24, 2.45) is 0 Å². The zero-order chi connectivity index (χ0) is 22.1. The molecule has 6 nitrogen and oxygen atoms in total. The first-order chi connectivity index (χ1) is 15.6. The molecule has 1 fully saturated rings. The summed E-state index contributed by atoms with van der Waals surface area (Å²) in [5, 5.41) is 0.0297. The molecule has 162 valence electrons. The highest BCUT2D eigenvalue weighted by atomic mass is 32.2. The second-order valence-corrected chi connectivity index (χ2v) is 9.10. The van der Waals surface area contributed by atoms with Crippen LogP contribution in [0, 0.1) is 0 Å². The average Bonchev–Trinajstić information content (AvgIpc) is 3.11. The molecule has 1 aliphatic heterocycles. The molecule has 3 aromatic rings. The molecule has 0 N–H and O–H groups in total. The van der Waals surface area contributed by atoms with E-state index in [0.29, 0.717) is 16.6 Å². The summed E-state index contributed by atoms with van der Waals surface area (Å²) >= 11 is 1.29. The fraction of sp³-hybridized carbons (Fsp3) is 0.280. The van der Waals surface area contributed by atoms with Crippen LogP contribution in [0.4, 0.5) is 5.69 Å². The molecule has 2 heterocycles. The summed E-state index contributed by atoms with van der Waals surface area (Å²) in [5.41, 5.74) is 4.84. The second kappa shape index (κ2) is 8.74. The molecule has 1 aliphatic carbocycles. The minimum absolute atomic E-state index is 0.136. The first-order valence-electron chi connectivity index (χ1n) is 10.8. The number of rotatable bonds is 5. The van der Waals surface area contributed by atoms with E-state index in [1.54, 1.807) is 31.4 Å².